The maximum Gasteiger partial charge on any atom is 0.0543 e. The third-order valence-electron chi connectivity index (χ3n) is 14.0. The Morgan fingerprint density at radius 3 is 2.14 bits per heavy atom. The second-order valence-electron chi connectivity index (χ2n) is 16.5. The van der Waals surface area contributed by atoms with Crippen LogP contribution in [0.2, 0.25) is 0 Å². The Hall–Kier alpha value is -3.32. The highest BCUT2D eigenvalue weighted by Crippen LogP contribution is 2.89. The maximum atomic E-state index is 2.59. The fraction of sp³-hybridized carbons (Fsp3) is 0.429. The molecule has 0 heterocycles. The van der Waals surface area contributed by atoms with Crippen LogP contribution in [0.4, 0.5) is 17.1 Å². The number of para-hydroxylation sites is 1. The molecule has 0 aliphatic heterocycles. The summed E-state index contributed by atoms with van der Waals surface area (Å²) in [6, 6.07) is 35.5. The number of anilines is 3. The van der Waals surface area contributed by atoms with Crippen molar-refractivity contribution >= 4 is 17.1 Å². The predicted molar refractivity (Wildman–Crippen MR) is 177 cm³/mol. The van der Waals surface area contributed by atoms with E-state index in [0.717, 1.165) is 23.7 Å². The summed E-state index contributed by atoms with van der Waals surface area (Å²) in [6.07, 6.45) is 8.40. The lowest BCUT2D eigenvalue weighted by Crippen LogP contribution is -2.73. The maximum absolute atomic E-state index is 2.59. The Bertz CT molecular complexity index is 1830. The van der Waals surface area contributed by atoms with Crippen LogP contribution in [0.3, 0.4) is 0 Å². The SMILES string of the molecule is CC1(C)CCC(C)(C)c2cc(N(c3ccccc3)c3cccc4c3-c3ccccc3C43C4CC5CC6CC3C64C5)ccc21. The van der Waals surface area contributed by atoms with Crippen LogP contribution in [-0.2, 0) is 16.2 Å². The topological polar surface area (TPSA) is 3.24 Å². The highest BCUT2D eigenvalue weighted by molar-refractivity contribution is 5.96. The van der Waals surface area contributed by atoms with Crippen LogP contribution in [-0.4, -0.2) is 0 Å². The zero-order valence-electron chi connectivity index (χ0n) is 26.2. The van der Waals surface area contributed by atoms with Gasteiger partial charge in [0.2, 0.25) is 0 Å². The van der Waals surface area contributed by atoms with Crippen LogP contribution < -0.4 is 4.90 Å². The molecule has 6 unspecified atom stereocenters. The molecule has 0 amide bonds. The summed E-state index contributed by atoms with van der Waals surface area (Å²) in [4.78, 5) is 2.59. The molecule has 6 aliphatic rings. The Morgan fingerprint density at radius 1 is 0.605 bits per heavy atom. The van der Waals surface area contributed by atoms with Gasteiger partial charge in [-0.3, -0.25) is 0 Å². The molecule has 0 saturated heterocycles. The molecule has 1 heteroatoms. The quantitative estimate of drug-likeness (QED) is 0.240. The molecule has 4 aromatic carbocycles. The molecule has 4 fully saturated rings. The second kappa shape index (κ2) is 7.84. The van der Waals surface area contributed by atoms with E-state index in [-0.39, 0.29) is 16.2 Å². The van der Waals surface area contributed by atoms with E-state index in [1.807, 2.05) is 0 Å². The number of hydrogen-bond acceptors (Lipinski definition) is 1. The van der Waals surface area contributed by atoms with E-state index < -0.39 is 0 Å². The Morgan fingerprint density at radius 2 is 1.33 bits per heavy atom. The summed E-state index contributed by atoms with van der Waals surface area (Å²) in [6.45, 7) is 9.77. The van der Waals surface area contributed by atoms with Crippen molar-refractivity contribution in [3.8, 4) is 11.1 Å². The smallest absolute Gasteiger partial charge is 0.0543 e. The van der Waals surface area contributed by atoms with Crippen LogP contribution in [0.1, 0.15) is 88.5 Å². The first kappa shape index (κ1) is 25.1. The van der Waals surface area contributed by atoms with E-state index in [1.54, 1.807) is 11.1 Å². The molecule has 0 N–H and O–H groups in total. The van der Waals surface area contributed by atoms with E-state index in [0.29, 0.717) is 5.41 Å². The van der Waals surface area contributed by atoms with E-state index in [9.17, 15) is 0 Å². The van der Waals surface area contributed by atoms with Crippen molar-refractivity contribution in [1.82, 2.24) is 0 Å². The Balaban J connectivity index is 1.21. The minimum Gasteiger partial charge on any atom is -0.310 e. The Kier molecular flexibility index (Phi) is 4.57. The number of nitrogens with zero attached hydrogens (tertiary/aromatic N) is 1. The summed E-state index contributed by atoms with van der Waals surface area (Å²) in [5.74, 6) is 3.65. The van der Waals surface area contributed by atoms with Gasteiger partial charge in [-0.1, -0.05) is 88.4 Å². The zero-order chi connectivity index (χ0) is 28.9. The zero-order valence-corrected chi connectivity index (χ0v) is 26.2. The van der Waals surface area contributed by atoms with Crippen LogP contribution in [0, 0.1) is 29.1 Å². The van der Waals surface area contributed by atoms with Crippen LogP contribution >= 0.6 is 0 Å². The number of fused-ring (bicyclic) bond motifs is 9. The Labute approximate surface area is 257 Å². The highest BCUT2D eigenvalue weighted by atomic mass is 15.1. The van der Waals surface area contributed by atoms with Gasteiger partial charge in [0.25, 0.3) is 0 Å². The van der Waals surface area contributed by atoms with Crippen molar-refractivity contribution < 1.29 is 0 Å². The van der Waals surface area contributed by atoms with Gasteiger partial charge in [0.15, 0.2) is 0 Å². The van der Waals surface area contributed by atoms with Crippen molar-refractivity contribution in [3.63, 3.8) is 0 Å². The largest absolute Gasteiger partial charge is 0.310 e. The molecule has 0 aromatic heterocycles. The van der Waals surface area contributed by atoms with Gasteiger partial charge >= 0.3 is 0 Å². The van der Waals surface area contributed by atoms with Crippen molar-refractivity contribution in [2.24, 2.45) is 29.1 Å². The predicted octanol–water partition coefficient (Wildman–Crippen LogP) is 10.8. The number of hydrogen-bond donors (Lipinski definition) is 0. The van der Waals surface area contributed by atoms with Gasteiger partial charge in [-0.15, -0.1) is 0 Å². The van der Waals surface area contributed by atoms with E-state index in [1.165, 1.54) is 77.8 Å². The first-order valence-electron chi connectivity index (χ1n) is 17.0. The van der Waals surface area contributed by atoms with Crippen molar-refractivity contribution in [2.75, 3.05) is 4.90 Å². The molecule has 4 saturated carbocycles. The van der Waals surface area contributed by atoms with Crippen LogP contribution in [0.15, 0.2) is 91.0 Å². The van der Waals surface area contributed by atoms with Gasteiger partial charge in [0.05, 0.1) is 5.69 Å². The summed E-state index contributed by atoms with van der Waals surface area (Å²) < 4.78 is 0. The summed E-state index contributed by atoms with van der Waals surface area (Å²) >= 11 is 0. The number of rotatable bonds is 3. The lowest BCUT2D eigenvalue weighted by Gasteiger charge is -2.76. The highest BCUT2D eigenvalue weighted by Gasteiger charge is 2.84. The fourth-order valence-electron chi connectivity index (χ4n) is 12.3. The first-order valence-corrected chi connectivity index (χ1v) is 17.0. The third kappa shape index (κ3) is 2.79. The third-order valence-corrected chi connectivity index (χ3v) is 14.0. The van der Waals surface area contributed by atoms with Gasteiger partial charge in [-0.05, 0) is 137 Å². The van der Waals surface area contributed by atoms with Gasteiger partial charge in [-0.2, -0.15) is 0 Å². The lowest BCUT2D eigenvalue weighted by molar-refractivity contribution is -0.231. The minimum atomic E-state index is 0.168. The molecule has 2 bridgehead atoms. The van der Waals surface area contributed by atoms with Gasteiger partial charge in [-0.25, -0.2) is 0 Å². The molecule has 10 rings (SSSR count). The molecular formula is C42H43N. The van der Waals surface area contributed by atoms with E-state index in [4.69, 9.17) is 0 Å². The fourth-order valence-corrected chi connectivity index (χ4v) is 12.3. The van der Waals surface area contributed by atoms with Gasteiger partial charge in [0, 0.05) is 22.4 Å². The summed E-state index contributed by atoms with van der Waals surface area (Å²) in [5.41, 5.74) is 14.5. The summed E-state index contributed by atoms with van der Waals surface area (Å²) in [7, 11) is 0. The normalized spacial score (nSPS) is 34.0. The molecule has 6 aliphatic carbocycles. The molecule has 4 aromatic rings. The van der Waals surface area contributed by atoms with Crippen molar-refractivity contribution in [1.29, 1.82) is 0 Å². The lowest BCUT2D eigenvalue weighted by atomic mass is 9.27. The monoisotopic (exact) mass is 561 g/mol. The second-order valence-corrected chi connectivity index (χ2v) is 16.5. The average molecular weight is 562 g/mol. The molecular weight excluding hydrogens is 518 g/mol. The van der Waals surface area contributed by atoms with Crippen LogP contribution in [0.25, 0.3) is 11.1 Å². The van der Waals surface area contributed by atoms with Crippen molar-refractivity contribution in [3.05, 3.63) is 113 Å². The average Bonchev–Trinajstić information content (AvgIpc) is 3.64. The van der Waals surface area contributed by atoms with E-state index in [2.05, 4.69) is 124 Å². The summed E-state index contributed by atoms with van der Waals surface area (Å²) in [5, 5.41) is 0. The molecule has 0 radical (unpaired) electrons. The standard InChI is InChI=1S/C42H43N/c1-39(2)19-20-40(3,4)34-24-29(17-18-32(34)39)43(28-11-6-5-7-12-28)35-16-10-15-33-38(35)30-13-8-9-14-31(30)42(33)36-22-26-21-27-23-37(42)41(27,36)25-26/h5-18,24,26-27,36-37H,19-23,25H2,1-4H3. The first-order chi connectivity index (χ1) is 20.8. The van der Waals surface area contributed by atoms with Crippen LogP contribution in [0.5, 0.6) is 0 Å². The van der Waals surface area contributed by atoms with Crippen molar-refractivity contribution in [2.45, 2.75) is 82.5 Å². The molecule has 216 valence electrons. The van der Waals surface area contributed by atoms with Gasteiger partial charge < -0.3 is 4.90 Å². The van der Waals surface area contributed by atoms with Gasteiger partial charge in [0.1, 0.15) is 0 Å². The molecule has 2 spiro atoms. The van der Waals surface area contributed by atoms with E-state index >= 15 is 0 Å². The minimum absolute atomic E-state index is 0.168. The molecule has 6 atom stereocenters. The molecule has 1 nitrogen and oxygen atoms in total. The number of benzene rings is 4. The molecule has 43 heavy (non-hydrogen) atoms.